The topological polar surface area (TPSA) is 44.5 Å². The first-order valence-corrected chi connectivity index (χ1v) is 6.88. The molecule has 0 amide bonds. The fourth-order valence-corrected chi connectivity index (χ4v) is 2.02. The molecule has 100 valence electrons. The van der Waals surface area contributed by atoms with Crippen LogP contribution in [0.2, 0.25) is 5.02 Å². The van der Waals surface area contributed by atoms with Gasteiger partial charge in [-0.3, -0.25) is 0 Å². The van der Waals surface area contributed by atoms with Crippen LogP contribution in [0.5, 0.6) is 11.5 Å². The van der Waals surface area contributed by atoms with Gasteiger partial charge in [-0.15, -0.1) is 0 Å². The molecule has 19 heavy (non-hydrogen) atoms. The highest BCUT2D eigenvalue weighted by atomic mass is 79.9. The molecule has 2 aromatic rings. The zero-order chi connectivity index (χ0) is 13.7. The number of halogens is 2. The van der Waals surface area contributed by atoms with Crippen LogP contribution in [0.4, 0.5) is 5.69 Å². The lowest BCUT2D eigenvalue weighted by Crippen LogP contribution is -2.09. The van der Waals surface area contributed by atoms with Gasteiger partial charge in [0.25, 0.3) is 0 Å². The second-order valence-corrected chi connectivity index (χ2v) is 5.16. The molecule has 0 aliphatic heterocycles. The second kappa shape index (κ2) is 6.68. The van der Waals surface area contributed by atoms with Crippen LogP contribution >= 0.6 is 27.5 Å². The predicted molar refractivity (Wildman–Crippen MR) is 81.0 cm³/mol. The maximum Gasteiger partial charge on any atom is 0.122 e. The van der Waals surface area contributed by atoms with E-state index in [0.717, 1.165) is 10.2 Å². The molecule has 0 atom stereocenters. The summed E-state index contributed by atoms with van der Waals surface area (Å²) in [4.78, 5) is 0. The highest BCUT2D eigenvalue weighted by Gasteiger charge is 2.00. The molecule has 3 nitrogen and oxygen atoms in total. The molecule has 0 bridgehead atoms. The summed E-state index contributed by atoms with van der Waals surface area (Å²) in [7, 11) is 0. The largest absolute Gasteiger partial charge is 0.490 e. The molecular formula is C14H13BrClNO2. The molecule has 0 spiro atoms. The Bertz CT molecular complexity index is 563. The Hall–Kier alpha value is -1.39. The minimum Gasteiger partial charge on any atom is -0.490 e. The van der Waals surface area contributed by atoms with Crippen LogP contribution in [-0.4, -0.2) is 13.2 Å². The molecule has 0 saturated carbocycles. The summed E-state index contributed by atoms with van der Waals surface area (Å²) in [6, 6.07) is 12.8. The number of nitrogen functional groups attached to an aromatic ring is 1. The van der Waals surface area contributed by atoms with Gasteiger partial charge in [-0.05, 0) is 30.3 Å². The molecule has 0 saturated heterocycles. The number of hydrogen-bond donors (Lipinski definition) is 1. The van der Waals surface area contributed by atoms with Crippen molar-refractivity contribution < 1.29 is 9.47 Å². The van der Waals surface area contributed by atoms with E-state index in [1.54, 1.807) is 18.2 Å². The average Bonchev–Trinajstić information content (AvgIpc) is 2.39. The maximum atomic E-state index is 5.90. The molecule has 2 rings (SSSR count). The van der Waals surface area contributed by atoms with Crippen molar-refractivity contribution in [1.82, 2.24) is 0 Å². The Labute approximate surface area is 125 Å². The molecule has 5 heteroatoms. The van der Waals surface area contributed by atoms with Gasteiger partial charge < -0.3 is 15.2 Å². The number of ether oxygens (including phenoxy) is 2. The van der Waals surface area contributed by atoms with E-state index in [-0.39, 0.29) is 0 Å². The lowest BCUT2D eigenvalue weighted by atomic mass is 10.3. The fourth-order valence-electron chi connectivity index (χ4n) is 1.47. The Kier molecular flexibility index (Phi) is 4.93. The van der Waals surface area contributed by atoms with E-state index in [2.05, 4.69) is 15.9 Å². The van der Waals surface area contributed by atoms with Gasteiger partial charge in [0, 0.05) is 10.5 Å². The molecule has 2 N–H and O–H groups in total. The Morgan fingerprint density at radius 1 is 1.00 bits per heavy atom. The lowest BCUT2D eigenvalue weighted by molar-refractivity contribution is 0.217. The van der Waals surface area contributed by atoms with E-state index in [1.165, 1.54) is 0 Å². The van der Waals surface area contributed by atoms with E-state index in [4.69, 9.17) is 26.8 Å². The molecule has 0 aliphatic rings. The highest BCUT2D eigenvalue weighted by Crippen LogP contribution is 2.24. The third kappa shape index (κ3) is 4.33. The Morgan fingerprint density at radius 2 is 1.68 bits per heavy atom. The normalized spacial score (nSPS) is 10.2. The van der Waals surface area contributed by atoms with Crippen LogP contribution < -0.4 is 15.2 Å². The van der Waals surface area contributed by atoms with Crippen LogP contribution in [0, 0.1) is 0 Å². The fraction of sp³-hybridized carbons (Fsp3) is 0.143. The van der Waals surface area contributed by atoms with Crippen molar-refractivity contribution in [2.24, 2.45) is 0 Å². The van der Waals surface area contributed by atoms with Gasteiger partial charge in [0.2, 0.25) is 0 Å². The van der Waals surface area contributed by atoms with Crippen molar-refractivity contribution in [2.75, 3.05) is 18.9 Å². The molecule has 0 aromatic heterocycles. The van der Waals surface area contributed by atoms with E-state index in [0.29, 0.717) is 29.7 Å². The lowest BCUT2D eigenvalue weighted by Gasteiger charge is -2.09. The van der Waals surface area contributed by atoms with Crippen molar-refractivity contribution in [3.8, 4) is 11.5 Å². The third-order valence-corrected chi connectivity index (χ3v) is 3.21. The monoisotopic (exact) mass is 341 g/mol. The van der Waals surface area contributed by atoms with Crippen molar-refractivity contribution in [1.29, 1.82) is 0 Å². The van der Waals surface area contributed by atoms with E-state index in [9.17, 15) is 0 Å². The summed E-state index contributed by atoms with van der Waals surface area (Å²) in [6.07, 6.45) is 0. The first-order valence-electron chi connectivity index (χ1n) is 5.71. The van der Waals surface area contributed by atoms with Gasteiger partial charge >= 0.3 is 0 Å². The predicted octanol–water partition coefficient (Wildman–Crippen LogP) is 4.14. The van der Waals surface area contributed by atoms with Gasteiger partial charge in [-0.1, -0.05) is 33.6 Å². The molecule has 0 aliphatic carbocycles. The number of anilines is 1. The maximum absolute atomic E-state index is 5.90. The van der Waals surface area contributed by atoms with E-state index in [1.807, 2.05) is 24.3 Å². The van der Waals surface area contributed by atoms with Gasteiger partial charge in [0.1, 0.15) is 24.7 Å². The summed E-state index contributed by atoms with van der Waals surface area (Å²) >= 11 is 9.28. The first kappa shape index (κ1) is 14.0. The Balaban J connectivity index is 1.79. The zero-order valence-corrected chi connectivity index (χ0v) is 12.4. The summed E-state index contributed by atoms with van der Waals surface area (Å²) < 4.78 is 12.0. The summed E-state index contributed by atoms with van der Waals surface area (Å²) in [6.45, 7) is 0.894. The van der Waals surface area contributed by atoms with Gasteiger partial charge in [0.15, 0.2) is 0 Å². The number of rotatable bonds is 5. The number of benzene rings is 2. The minimum atomic E-state index is 0.437. The minimum absolute atomic E-state index is 0.437. The average molecular weight is 343 g/mol. The number of hydrogen-bond acceptors (Lipinski definition) is 3. The molecule has 2 aromatic carbocycles. The quantitative estimate of drug-likeness (QED) is 0.656. The Morgan fingerprint density at radius 3 is 2.32 bits per heavy atom. The van der Waals surface area contributed by atoms with Crippen molar-refractivity contribution in [3.63, 3.8) is 0 Å². The smallest absolute Gasteiger partial charge is 0.122 e. The standard InChI is InChI=1S/C14H13BrClNO2/c15-10-2-1-3-11(8-10)18-6-7-19-12-4-5-14(17)13(16)9-12/h1-5,8-9H,6-7,17H2. The van der Waals surface area contributed by atoms with Crippen LogP contribution in [0.1, 0.15) is 0 Å². The second-order valence-electron chi connectivity index (χ2n) is 3.84. The van der Waals surface area contributed by atoms with Crippen LogP contribution in [0.15, 0.2) is 46.9 Å². The van der Waals surface area contributed by atoms with Crippen LogP contribution in [-0.2, 0) is 0 Å². The van der Waals surface area contributed by atoms with Gasteiger partial charge in [-0.25, -0.2) is 0 Å². The van der Waals surface area contributed by atoms with Crippen molar-refractivity contribution in [3.05, 3.63) is 52.0 Å². The number of nitrogens with two attached hydrogens (primary N) is 1. The van der Waals surface area contributed by atoms with Crippen molar-refractivity contribution in [2.45, 2.75) is 0 Å². The summed E-state index contributed by atoms with van der Waals surface area (Å²) in [5, 5.41) is 0.491. The molecule has 0 heterocycles. The molecule has 0 fully saturated rings. The van der Waals surface area contributed by atoms with Crippen LogP contribution in [0.25, 0.3) is 0 Å². The van der Waals surface area contributed by atoms with Crippen molar-refractivity contribution >= 4 is 33.2 Å². The molecular weight excluding hydrogens is 330 g/mol. The van der Waals surface area contributed by atoms with Gasteiger partial charge in [0.05, 0.1) is 10.7 Å². The first-order chi connectivity index (χ1) is 9.15. The summed E-state index contributed by atoms with van der Waals surface area (Å²) in [5.41, 5.74) is 6.16. The highest BCUT2D eigenvalue weighted by molar-refractivity contribution is 9.10. The van der Waals surface area contributed by atoms with Gasteiger partial charge in [-0.2, -0.15) is 0 Å². The van der Waals surface area contributed by atoms with E-state index < -0.39 is 0 Å². The van der Waals surface area contributed by atoms with E-state index >= 15 is 0 Å². The third-order valence-electron chi connectivity index (χ3n) is 2.39. The molecule has 0 radical (unpaired) electrons. The summed E-state index contributed by atoms with van der Waals surface area (Å²) in [5.74, 6) is 1.48. The molecule has 0 unspecified atom stereocenters. The van der Waals surface area contributed by atoms with Crippen LogP contribution in [0.3, 0.4) is 0 Å². The zero-order valence-electron chi connectivity index (χ0n) is 10.1. The SMILES string of the molecule is Nc1ccc(OCCOc2cccc(Br)c2)cc1Cl.